The summed E-state index contributed by atoms with van der Waals surface area (Å²) in [5, 5.41) is 3.66. The minimum atomic E-state index is 0.0384. The van der Waals surface area contributed by atoms with Gasteiger partial charge in [0.05, 0.1) is 5.75 Å². The van der Waals surface area contributed by atoms with Gasteiger partial charge in [-0.05, 0) is 37.5 Å². The van der Waals surface area contributed by atoms with E-state index in [1.807, 2.05) is 0 Å². The lowest BCUT2D eigenvalue weighted by atomic mass is 10.0. The Bertz CT molecular complexity index is 466. The van der Waals surface area contributed by atoms with Gasteiger partial charge < -0.3 is 11.1 Å². The normalized spacial score (nSPS) is 12.4. The molecule has 0 radical (unpaired) electrons. The minimum Gasteiger partial charge on any atom is -0.398 e. The van der Waals surface area contributed by atoms with E-state index in [9.17, 15) is 4.79 Å². The molecule has 0 saturated carbocycles. The Balaban J connectivity index is 2.32. The fraction of sp³-hybridized carbons (Fsp3) is 0.562. The van der Waals surface area contributed by atoms with Crippen molar-refractivity contribution in [3.05, 3.63) is 23.2 Å². The molecule has 5 heteroatoms. The Hall–Kier alpha value is -0.870. The van der Waals surface area contributed by atoms with Crippen LogP contribution in [0.15, 0.2) is 23.1 Å². The first-order valence-electron chi connectivity index (χ1n) is 7.35. The van der Waals surface area contributed by atoms with E-state index in [0.29, 0.717) is 22.4 Å². The summed E-state index contributed by atoms with van der Waals surface area (Å²) < 4.78 is 0. The average Bonchev–Trinajstić information content (AvgIpc) is 2.39. The zero-order valence-corrected chi connectivity index (χ0v) is 14.6. The zero-order valence-electron chi connectivity index (χ0n) is 13.0. The number of rotatable bonds is 8. The Kier molecular flexibility index (Phi) is 7.97. The van der Waals surface area contributed by atoms with E-state index >= 15 is 0 Å². The second kappa shape index (κ2) is 9.21. The second-order valence-corrected chi connectivity index (χ2v) is 7.22. The molecule has 118 valence electrons. The molecule has 1 aromatic carbocycles. The highest BCUT2D eigenvalue weighted by Crippen LogP contribution is 2.27. The number of carbonyl (C=O) groups is 1. The van der Waals surface area contributed by atoms with Gasteiger partial charge in [-0.25, -0.2) is 0 Å². The van der Waals surface area contributed by atoms with E-state index in [2.05, 4.69) is 26.1 Å². The summed E-state index contributed by atoms with van der Waals surface area (Å²) in [6, 6.07) is 5.52. The maximum atomic E-state index is 11.9. The number of benzene rings is 1. The Labute approximate surface area is 137 Å². The monoisotopic (exact) mass is 328 g/mol. The molecule has 0 aliphatic heterocycles. The molecule has 0 heterocycles. The average molecular weight is 329 g/mol. The first kappa shape index (κ1) is 18.2. The molecule has 0 aliphatic carbocycles. The molecule has 1 unspecified atom stereocenters. The number of nitrogens with two attached hydrogens (primary N) is 1. The van der Waals surface area contributed by atoms with Gasteiger partial charge in [0.1, 0.15) is 0 Å². The van der Waals surface area contributed by atoms with Crippen molar-refractivity contribution in [1.29, 1.82) is 0 Å². The summed E-state index contributed by atoms with van der Waals surface area (Å²) in [4.78, 5) is 12.8. The third kappa shape index (κ3) is 7.63. The number of nitrogens with one attached hydrogen (secondary N) is 1. The smallest absolute Gasteiger partial charge is 0.230 e. The quantitative estimate of drug-likeness (QED) is 0.551. The highest BCUT2D eigenvalue weighted by atomic mass is 35.5. The topological polar surface area (TPSA) is 55.1 Å². The SMILES string of the molecule is CC(C)CCCC(C)NC(=O)CSc1cc(Cl)ccc1N. The van der Waals surface area contributed by atoms with Crippen molar-refractivity contribution in [2.45, 2.75) is 51.0 Å². The van der Waals surface area contributed by atoms with Crippen molar-refractivity contribution >= 4 is 35.0 Å². The highest BCUT2D eigenvalue weighted by Gasteiger charge is 2.09. The molecule has 0 saturated heterocycles. The van der Waals surface area contributed by atoms with Crippen LogP contribution in [0.25, 0.3) is 0 Å². The first-order valence-corrected chi connectivity index (χ1v) is 8.72. The van der Waals surface area contributed by atoms with E-state index in [0.717, 1.165) is 17.7 Å². The van der Waals surface area contributed by atoms with Crippen molar-refractivity contribution in [3.8, 4) is 0 Å². The highest BCUT2D eigenvalue weighted by molar-refractivity contribution is 8.00. The van der Waals surface area contributed by atoms with E-state index in [4.69, 9.17) is 17.3 Å². The summed E-state index contributed by atoms with van der Waals surface area (Å²) >= 11 is 7.35. The van der Waals surface area contributed by atoms with Gasteiger partial charge in [-0.3, -0.25) is 4.79 Å². The fourth-order valence-corrected chi connectivity index (χ4v) is 3.05. The standard InChI is InChI=1S/C16H25ClN2OS/c1-11(2)5-4-6-12(3)19-16(20)10-21-15-9-13(17)7-8-14(15)18/h7-9,11-12H,4-6,10,18H2,1-3H3,(H,19,20). The van der Waals surface area contributed by atoms with Crippen LogP contribution in [0.3, 0.4) is 0 Å². The van der Waals surface area contributed by atoms with Crippen molar-refractivity contribution in [2.24, 2.45) is 5.92 Å². The molecule has 0 aliphatic rings. The number of amides is 1. The number of halogens is 1. The first-order chi connectivity index (χ1) is 9.88. The van der Waals surface area contributed by atoms with Crippen LogP contribution in [0.5, 0.6) is 0 Å². The molecule has 1 rings (SSSR count). The third-order valence-corrected chi connectivity index (χ3v) is 4.47. The van der Waals surface area contributed by atoms with Crippen molar-refractivity contribution < 1.29 is 4.79 Å². The fourth-order valence-electron chi connectivity index (χ4n) is 2.00. The number of hydrogen-bond donors (Lipinski definition) is 2. The van der Waals surface area contributed by atoms with E-state index in [1.54, 1.807) is 18.2 Å². The van der Waals surface area contributed by atoms with Gasteiger partial charge in [0, 0.05) is 21.6 Å². The van der Waals surface area contributed by atoms with Gasteiger partial charge >= 0.3 is 0 Å². The summed E-state index contributed by atoms with van der Waals surface area (Å²) in [5.41, 5.74) is 6.51. The number of nitrogen functional groups attached to an aromatic ring is 1. The lowest BCUT2D eigenvalue weighted by molar-refractivity contribution is -0.119. The van der Waals surface area contributed by atoms with E-state index in [-0.39, 0.29) is 11.9 Å². The van der Waals surface area contributed by atoms with Gasteiger partial charge in [0.15, 0.2) is 0 Å². The van der Waals surface area contributed by atoms with Crippen LogP contribution in [0, 0.1) is 5.92 Å². The Morgan fingerprint density at radius 2 is 2.05 bits per heavy atom. The molecule has 0 bridgehead atoms. The maximum absolute atomic E-state index is 11.9. The van der Waals surface area contributed by atoms with Crippen LogP contribution < -0.4 is 11.1 Å². The number of anilines is 1. The molecule has 21 heavy (non-hydrogen) atoms. The zero-order chi connectivity index (χ0) is 15.8. The Morgan fingerprint density at radius 1 is 1.33 bits per heavy atom. The molecule has 1 aromatic rings. The molecular formula is C16H25ClN2OS. The summed E-state index contributed by atoms with van der Waals surface area (Å²) in [6.07, 6.45) is 3.37. The van der Waals surface area contributed by atoms with Gasteiger partial charge in [-0.2, -0.15) is 0 Å². The van der Waals surface area contributed by atoms with Gasteiger partial charge in [-0.15, -0.1) is 11.8 Å². The van der Waals surface area contributed by atoms with E-state index < -0.39 is 0 Å². The van der Waals surface area contributed by atoms with Crippen molar-refractivity contribution in [3.63, 3.8) is 0 Å². The minimum absolute atomic E-state index is 0.0384. The van der Waals surface area contributed by atoms with E-state index in [1.165, 1.54) is 18.2 Å². The third-order valence-electron chi connectivity index (χ3n) is 3.16. The van der Waals surface area contributed by atoms with Crippen LogP contribution in [-0.2, 0) is 4.79 Å². The van der Waals surface area contributed by atoms with Gasteiger partial charge in [0.25, 0.3) is 0 Å². The molecule has 0 fully saturated rings. The molecule has 3 nitrogen and oxygen atoms in total. The van der Waals surface area contributed by atoms with Gasteiger partial charge in [-0.1, -0.05) is 38.3 Å². The number of hydrogen-bond acceptors (Lipinski definition) is 3. The number of carbonyl (C=O) groups excluding carboxylic acids is 1. The molecule has 3 N–H and O–H groups in total. The van der Waals surface area contributed by atoms with Crippen LogP contribution in [0.4, 0.5) is 5.69 Å². The number of thioether (sulfide) groups is 1. The molecule has 0 spiro atoms. The van der Waals surface area contributed by atoms with Crippen molar-refractivity contribution in [1.82, 2.24) is 5.32 Å². The predicted molar refractivity (Wildman–Crippen MR) is 92.9 cm³/mol. The second-order valence-electron chi connectivity index (χ2n) is 5.76. The van der Waals surface area contributed by atoms with Crippen LogP contribution in [0.2, 0.25) is 5.02 Å². The summed E-state index contributed by atoms with van der Waals surface area (Å²) in [6.45, 7) is 6.49. The van der Waals surface area contributed by atoms with Crippen LogP contribution in [-0.4, -0.2) is 17.7 Å². The lowest BCUT2D eigenvalue weighted by Gasteiger charge is -2.14. The Morgan fingerprint density at radius 3 is 2.71 bits per heavy atom. The summed E-state index contributed by atoms with van der Waals surface area (Å²) in [5.74, 6) is 1.12. The molecule has 1 atom stereocenters. The largest absolute Gasteiger partial charge is 0.398 e. The molecule has 1 amide bonds. The predicted octanol–water partition coefficient (Wildman–Crippen LogP) is 4.35. The van der Waals surface area contributed by atoms with Crippen molar-refractivity contribution in [2.75, 3.05) is 11.5 Å². The van der Waals surface area contributed by atoms with Crippen LogP contribution in [0.1, 0.15) is 40.0 Å². The molecule has 0 aromatic heterocycles. The lowest BCUT2D eigenvalue weighted by Crippen LogP contribution is -2.33. The maximum Gasteiger partial charge on any atom is 0.230 e. The van der Waals surface area contributed by atoms with Gasteiger partial charge in [0.2, 0.25) is 5.91 Å². The van der Waals surface area contributed by atoms with Crippen LogP contribution >= 0.6 is 23.4 Å². The summed E-state index contributed by atoms with van der Waals surface area (Å²) in [7, 11) is 0. The molecular weight excluding hydrogens is 304 g/mol.